The lowest BCUT2D eigenvalue weighted by Gasteiger charge is -2.09. The molecule has 1 aromatic carbocycles. The molecule has 0 spiro atoms. The lowest BCUT2D eigenvalue weighted by Crippen LogP contribution is -2.00. The number of benzene rings is 1. The van der Waals surface area contributed by atoms with E-state index in [1.165, 1.54) is 11.1 Å². The van der Waals surface area contributed by atoms with Crippen LogP contribution in [0.1, 0.15) is 44.2 Å². The molecule has 1 rings (SSSR count). The topological polar surface area (TPSA) is 17.1 Å². The quantitative estimate of drug-likeness (QED) is 0.670. The Morgan fingerprint density at radius 3 is 2.20 bits per heavy atom. The van der Waals surface area contributed by atoms with Crippen LogP contribution in [0.2, 0.25) is 0 Å². The van der Waals surface area contributed by atoms with E-state index in [9.17, 15) is 4.79 Å². The maximum absolute atomic E-state index is 10.3. The first-order valence-electron chi connectivity index (χ1n) is 5.66. The van der Waals surface area contributed by atoms with E-state index in [-0.39, 0.29) is 0 Å². The Kier molecular flexibility index (Phi) is 4.54. The van der Waals surface area contributed by atoms with Crippen molar-refractivity contribution in [2.24, 2.45) is 5.92 Å². The van der Waals surface area contributed by atoms with Crippen molar-refractivity contribution in [1.29, 1.82) is 0 Å². The number of hydrogen-bond donors (Lipinski definition) is 0. The highest BCUT2D eigenvalue weighted by molar-refractivity contribution is 5.49. The van der Waals surface area contributed by atoms with Crippen LogP contribution in [-0.4, -0.2) is 6.29 Å². The van der Waals surface area contributed by atoms with Gasteiger partial charge in [-0.1, -0.05) is 45.0 Å². The Morgan fingerprint density at radius 1 is 1.13 bits per heavy atom. The van der Waals surface area contributed by atoms with E-state index >= 15 is 0 Å². The Bertz CT molecular complexity index is 298. The molecule has 0 aromatic heterocycles. The second kappa shape index (κ2) is 5.69. The van der Waals surface area contributed by atoms with Crippen molar-refractivity contribution in [2.45, 2.75) is 39.5 Å². The van der Waals surface area contributed by atoms with E-state index < -0.39 is 0 Å². The fourth-order valence-electron chi connectivity index (χ4n) is 1.69. The molecule has 1 heteroatoms. The fourth-order valence-corrected chi connectivity index (χ4v) is 1.69. The van der Waals surface area contributed by atoms with Crippen LogP contribution in [0.15, 0.2) is 24.3 Å². The maximum Gasteiger partial charge on any atom is 0.120 e. The molecule has 0 N–H and O–H groups in total. The predicted octanol–water partition coefficient (Wildman–Crippen LogP) is 3.58. The fraction of sp³-hybridized carbons (Fsp3) is 0.500. The van der Waals surface area contributed by atoms with Gasteiger partial charge in [0, 0.05) is 6.42 Å². The highest BCUT2D eigenvalue weighted by Crippen LogP contribution is 2.17. The monoisotopic (exact) mass is 204 g/mol. The summed E-state index contributed by atoms with van der Waals surface area (Å²) in [6.45, 7) is 6.51. The Hall–Kier alpha value is -1.11. The molecule has 1 aromatic rings. The molecular formula is C14H20O. The summed E-state index contributed by atoms with van der Waals surface area (Å²) < 4.78 is 0. The summed E-state index contributed by atoms with van der Waals surface area (Å²) in [5, 5.41) is 0. The summed E-state index contributed by atoms with van der Waals surface area (Å²) in [7, 11) is 0. The standard InChI is InChI=1S/C14H20O/c1-11(2)14-6-4-13(5-7-14)10-12(3)8-9-15/h4-7,9,11-12H,8,10H2,1-3H3. The van der Waals surface area contributed by atoms with Crippen LogP contribution < -0.4 is 0 Å². The van der Waals surface area contributed by atoms with Crippen molar-refractivity contribution >= 4 is 6.29 Å². The van der Waals surface area contributed by atoms with E-state index in [1.54, 1.807) is 0 Å². The lowest BCUT2D eigenvalue weighted by atomic mass is 9.96. The molecule has 1 unspecified atom stereocenters. The molecule has 15 heavy (non-hydrogen) atoms. The Labute approximate surface area is 92.5 Å². The molecule has 0 saturated heterocycles. The van der Waals surface area contributed by atoms with E-state index in [0.717, 1.165) is 12.7 Å². The van der Waals surface area contributed by atoms with Crippen molar-refractivity contribution in [3.8, 4) is 0 Å². The average molecular weight is 204 g/mol. The largest absolute Gasteiger partial charge is 0.303 e. The molecule has 0 amide bonds. The van der Waals surface area contributed by atoms with Gasteiger partial charge in [-0.3, -0.25) is 0 Å². The Morgan fingerprint density at radius 2 is 1.73 bits per heavy atom. The molecule has 82 valence electrons. The van der Waals surface area contributed by atoms with Gasteiger partial charge in [-0.05, 0) is 29.4 Å². The summed E-state index contributed by atoms with van der Waals surface area (Å²) in [6, 6.07) is 8.73. The van der Waals surface area contributed by atoms with Crippen LogP contribution in [0.25, 0.3) is 0 Å². The van der Waals surface area contributed by atoms with Gasteiger partial charge in [-0.15, -0.1) is 0 Å². The molecule has 0 radical (unpaired) electrons. The number of rotatable bonds is 5. The summed E-state index contributed by atoms with van der Waals surface area (Å²) in [4.78, 5) is 10.3. The zero-order chi connectivity index (χ0) is 11.3. The van der Waals surface area contributed by atoms with Gasteiger partial charge in [-0.25, -0.2) is 0 Å². The van der Waals surface area contributed by atoms with Gasteiger partial charge < -0.3 is 4.79 Å². The normalized spacial score (nSPS) is 12.8. The van der Waals surface area contributed by atoms with Crippen molar-refractivity contribution in [2.75, 3.05) is 0 Å². The predicted molar refractivity (Wildman–Crippen MR) is 64.1 cm³/mol. The van der Waals surface area contributed by atoms with Crippen LogP contribution in [-0.2, 0) is 11.2 Å². The molecule has 0 bridgehead atoms. The number of carbonyl (C=O) groups is 1. The smallest absolute Gasteiger partial charge is 0.120 e. The van der Waals surface area contributed by atoms with Gasteiger partial charge in [0.2, 0.25) is 0 Å². The summed E-state index contributed by atoms with van der Waals surface area (Å²) >= 11 is 0. The third-order valence-electron chi connectivity index (χ3n) is 2.73. The second-order valence-corrected chi connectivity index (χ2v) is 4.61. The first kappa shape index (κ1) is 12.0. The van der Waals surface area contributed by atoms with E-state index in [1.807, 2.05) is 0 Å². The van der Waals surface area contributed by atoms with Gasteiger partial charge in [0.05, 0.1) is 0 Å². The van der Waals surface area contributed by atoms with Gasteiger partial charge in [-0.2, -0.15) is 0 Å². The van der Waals surface area contributed by atoms with Gasteiger partial charge in [0.1, 0.15) is 6.29 Å². The Balaban J connectivity index is 2.60. The van der Waals surface area contributed by atoms with Crippen molar-refractivity contribution in [1.82, 2.24) is 0 Å². The third kappa shape index (κ3) is 3.86. The molecule has 0 aliphatic rings. The maximum atomic E-state index is 10.3. The lowest BCUT2D eigenvalue weighted by molar-refractivity contribution is -0.108. The molecule has 1 nitrogen and oxygen atoms in total. The molecule has 0 saturated carbocycles. The van der Waals surface area contributed by atoms with Gasteiger partial charge in [0.25, 0.3) is 0 Å². The van der Waals surface area contributed by atoms with Crippen molar-refractivity contribution in [3.05, 3.63) is 35.4 Å². The van der Waals surface area contributed by atoms with Gasteiger partial charge in [0.15, 0.2) is 0 Å². The average Bonchev–Trinajstić information content (AvgIpc) is 2.18. The highest BCUT2D eigenvalue weighted by Gasteiger charge is 2.03. The number of aldehydes is 1. The SMILES string of the molecule is CC(CC=O)Cc1ccc(C(C)C)cc1. The summed E-state index contributed by atoms with van der Waals surface area (Å²) in [5.74, 6) is 1.04. The highest BCUT2D eigenvalue weighted by atomic mass is 16.1. The molecule has 0 heterocycles. The molecule has 1 atom stereocenters. The zero-order valence-electron chi connectivity index (χ0n) is 9.86. The van der Waals surface area contributed by atoms with E-state index in [4.69, 9.17) is 0 Å². The minimum atomic E-state index is 0.451. The van der Waals surface area contributed by atoms with Crippen LogP contribution in [0.5, 0.6) is 0 Å². The summed E-state index contributed by atoms with van der Waals surface area (Å²) in [6.07, 6.45) is 2.66. The molecule has 0 fully saturated rings. The van der Waals surface area contributed by atoms with Crippen LogP contribution >= 0.6 is 0 Å². The first-order valence-corrected chi connectivity index (χ1v) is 5.66. The van der Waals surface area contributed by atoms with Crippen LogP contribution in [0.3, 0.4) is 0 Å². The first-order chi connectivity index (χ1) is 7.13. The van der Waals surface area contributed by atoms with Crippen molar-refractivity contribution in [3.63, 3.8) is 0 Å². The van der Waals surface area contributed by atoms with Crippen LogP contribution in [0, 0.1) is 5.92 Å². The van der Waals surface area contributed by atoms with Gasteiger partial charge >= 0.3 is 0 Å². The third-order valence-corrected chi connectivity index (χ3v) is 2.73. The van der Waals surface area contributed by atoms with E-state index in [0.29, 0.717) is 18.3 Å². The number of carbonyl (C=O) groups excluding carboxylic acids is 1. The minimum Gasteiger partial charge on any atom is -0.303 e. The van der Waals surface area contributed by atoms with Crippen molar-refractivity contribution < 1.29 is 4.79 Å². The number of hydrogen-bond acceptors (Lipinski definition) is 1. The van der Waals surface area contributed by atoms with Crippen LogP contribution in [0.4, 0.5) is 0 Å². The summed E-state index contributed by atoms with van der Waals surface area (Å²) in [5.41, 5.74) is 2.70. The zero-order valence-corrected chi connectivity index (χ0v) is 9.86. The van der Waals surface area contributed by atoms with E-state index in [2.05, 4.69) is 45.0 Å². The molecule has 0 aliphatic carbocycles. The molecule has 0 aliphatic heterocycles. The second-order valence-electron chi connectivity index (χ2n) is 4.61. The minimum absolute atomic E-state index is 0.451. The molecular weight excluding hydrogens is 184 g/mol.